The zero-order valence-electron chi connectivity index (χ0n) is 22.1. The van der Waals surface area contributed by atoms with Crippen LogP contribution in [-0.4, -0.2) is 65.4 Å². The van der Waals surface area contributed by atoms with Crippen molar-refractivity contribution in [3.63, 3.8) is 0 Å². The summed E-state index contributed by atoms with van der Waals surface area (Å²) in [6.45, 7) is 2.66. The SMILES string of the molecule is O=C(O)c1ccc(C(c2ccccc2)N2CCN(C(=O)CNC(=O)C34CCCCCC(CC3)C4)CC2)cc1. The minimum absolute atomic E-state index is 0.0168. The molecule has 0 radical (unpaired) electrons. The number of hydrogen-bond donors (Lipinski definition) is 2. The fraction of sp³-hybridized carbons (Fsp3) is 0.516. The van der Waals surface area contributed by atoms with Gasteiger partial charge in [0.05, 0.1) is 18.2 Å². The average Bonchev–Trinajstić information content (AvgIpc) is 3.39. The number of benzene rings is 2. The summed E-state index contributed by atoms with van der Waals surface area (Å²) in [5.74, 6) is -0.198. The number of amides is 2. The number of carboxylic acids is 1. The Morgan fingerprint density at radius 1 is 0.868 bits per heavy atom. The number of nitrogens with one attached hydrogen (secondary N) is 1. The van der Waals surface area contributed by atoms with Gasteiger partial charge in [0.15, 0.2) is 0 Å². The lowest BCUT2D eigenvalue weighted by Crippen LogP contribution is -2.53. The number of carbonyl (C=O) groups is 3. The smallest absolute Gasteiger partial charge is 0.335 e. The van der Waals surface area contributed by atoms with Gasteiger partial charge in [0.1, 0.15) is 0 Å². The van der Waals surface area contributed by atoms with Gasteiger partial charge in [-0.15, -0.1) is 0 Å². The normalized spacial score (nSPS) is 24.7. The fourth-order valence-electron chi connectivity index (χ4n) is 6.85. The summed E-state index contributed by atoms with van der Waals surface area (Å²) >= 11 is 0. The van der Waals surface area contributed by atoms with E-state index in [2.05, 4.69) is 22.3 Å². The van der Waals surface area contributed by atoms with Gasteiger partial charge in [0.25, 0.3) is 0 Å². The van der Waals surface area contributed by atoms with Crippen LogP contribution < -0.4 is 5.32 Å². The van der Waals surface area contributed by atoms with Crippen molar-refractivity contribution < 1.29 is 19.5 Å². The average molecular weight is 518 g/mol. The molecule has 2 aromatic carbocycles. The molecular weight excluding hydrogens is 478 g/mol. The first-order chi connectivity index (χ1) is 18.4. The van der Waals surface area contributed by atoms with Crippen LogP contribution in [0.2, 0.25) is 0 Å². The summed E-state index contributed by atoms with van der Waals surface area (Å²) < 4.78 is 0. The van der Waals surface area contributed by atoms with E-state index < -0.39 is 5.97 Å². The maximum atomic E-state index is 13.2. The van der Waals surface area contributed by atoms with E-state index in [-0.39, 0.29) is 35.4 Å². The lowest BCUT2D eigenvalue weighted by molar-refractivity contribution is -0.137. The van der Waals surface area contributed by atoms with Crippen LogP contribution in [0.4, 0.5) is 0 Å². The van der Waals surface area contributed by atoms with Crippen molar-refractivity contribution in [3.8, 4) is 0 Å². The number of fused-ring (bicyclic) bond motifs is 2. The molecular formula is C31H39N3O4. The summed E-state index contributed by atoms with van der Waals surface area (Å²) in [5.41, 5.74) is 2.17. The van der Waals surface area contributed by atoms with Gasteiger partial charge in [0.2, 0.25) is 11.8 Å². The fourth-order valence-corrected chi connectivity index (χ4v) is 6.85. The first kappa shape index (κ1) is 26.4. The molecule has 3 unspecified atom stereocenters. The minimum Gasteiger partial charge on any atom is -0.478 e. The van der Waals surface area contributed by atoms with Crippen molar-refractivity contribution in [3.05, 3.63) is 71.3 Å². The Hall–Kier alpha value is -3.19. The molecule has 1 aliphatic heterocycles. The van der Waals surface area contributed by atoms with Gasteiger partial charge >= 0.3 is 5.97 Å². The van der Waals surface area contributed by atoms with Crippen molar-refractivity contribution in [2.24, 2.45) is 11.3 Å². The van der Waals surface area contributed by atoms with Crippen LogP contribution in [-0.2, 0) is 9.59 Å². The van der Waals surface area contributed by atoms with Gasteiger partial charge in [-0.05, 0) is 54.9 Å². The molecule has 3 aliphatic rings. The van der Waals surface area contributed by atoms with Crippen LogP contribution in [0.3, 0.4) is 0 Å². The van der Waals surface area contributed by atoms with E-state index in [4.69, 9.17) is 0 Å². The quantitative estimate of drug-likeness (QED) is 0.565. The second kappa shape index (κ2) is 11.7. The third kappa shape index (κ3) is 5.78. The number of piperazine rings is 1. The standard InChI is InChI=1S/C31H39N3O4/c35-27(22-32-30(38)31-15-6-2-3-7-23(21-31)14-16-31)33-17-19-34(20-18-33)28(24-8-4-1-5-9-24)25-10-12-26(13-11-25)29(36)37/h1,4-5,8-13,23,28H,2-3,6-7,14-22H2,(H,32,38)(H,36,37). The van der Waals surface area contributed by atoms with E-state index in [0.29, 0.717) is 32.1 Å². The highest BCUT2D eigenvalue weighted by molar-refractivity contribution is 5.88. The largest absolute Gasteiger partial charge is 0.478 e. The molecule has 5 rings (SSSR count). The lowest BCUT2D eigenvalue weighted by Gasteiger charge is -2.40. The maximum Gasteiger partial charge on any atom is 0.335 e. The first-order valence-corrected chi connectivity index (χ1v) is 14.1. The predicted octanol–water partition coefficient (Wildman–Crippen LogP) is 4.49. The van der Waals surface area contributed by atoms with Crippen LogP contribution in [0, 0.1) is 11.3 Å². The molecule has 2 N–H and O–H groups in total. The predicted molar refractivity (Wildman–Crippen MR) is 146 cm³/mol. The highest BCUT2D eigenvalue weighted by atomic mass is 16.4. The molecule has 7 nitrogen and oxygen atoms in total. The second-order valence-electron chi connectivity index (χ2n) is 11.3. The Balaban J connectivity index is 1.19. The van der Waals surface area contributed by atoms with Crippen molar-refractivity contribution >= 4 is 17.8 Å². The Bertz CT molecular complexity index is 1130. The molecule has 1 saturated heterocycles. The van der Waals surface area contributed by atoms with Crippen molar-refractivity contribution in [2.45, 2.75) is 57.4 Å². The summed E-state index contributed by atoms with van der Waals surface area (Å²) in [4.78, 5) is 41.8. The Kier molecular flexibility index (Phi) is 8.12. The van der Waals surface area contributed by atoms with E-state index in [1.165, 1.54) is 19.3 Å². The summed E-state index contributed by atoms with van der Waals surface area (Å²) in [6, 6.07) is 17.2. The van der Waals surface area contributed by atoms with Gasteiger partial charge in [-0.1, -0.05) is 68.1 Å². The van der Waals surface area contributed by atoms with Gasteiger partial charge in [-0.25, -0.2) is 4.79 Å². The molecule has 0 spiro atoms. The monoisotopic (exact) mass is 517 g/mol. The number of hydrogen-bond acceptors (Lipinski definition) is 4. The molecule has 2 amide bonds. The van der Waals surface area contributed by atoms with Crippen LogP contribution in [0.1, 0.15) is 78.9 Å². The highest BCUT2D eigenvalue weighted by Crippen LogP contribution is 2.49. The van der Waals surface area contributed by atoms with Crippen molar-refractivity contribution in [1.82, 2.24) is 15.1 Å². The molecule has 3 atom stereocenters. The number of aromatic carboxylic acids is 1. The van der Waals surface area contributed by atoms with E-state index in [1.807, 2.05) is 35.2 Å². The Morgan fingerprint density at radius 3 is 2.29 bits per heavy atom. The van der Waals surface area contributed by atoms with Gasteiger partial charge in [0, 0.05) is 31.6 Å². The van der Waals surface area contributed by atoms with Crippen LogP contribution in [0.25, 0.3) is 0 Å². The second-order valence-corrected chi connectivity index (χ2v) is 11.3. The van der Waals surface area contributed by atoms with Crippen molar-refractivity contribution in [2.75, 3.05) is 32.7 Å². The van der Waals surface area contributed by atoms with E-state index in [9.17, 15) is 19.5 Å². The molecule has 2 aliphatic carbocycles. The molecule has 2 bridgehead atoms. The maximum absolute atomic E-state index is 13.2. The lowest BCUT2D eigenvalue weighted by atomic mass is 9.77. The summed E-state index contributed by atoms with van der Waals surface area (Å²) in [5, 5.41) is 12.3. The third-order valence-corrected chi connectivity index (χ3v) is 8.98. The van der Waals surface area contributed by atoms with E-state index in [0.717, 1.165) is 43.2 Å². The van der Waals surface area contributed by atoms with Crippen LogP contribution in [0.15, 0.2) is 54.6 Å². The molecule has 2 aromatic rings. The van der Waals surface area contributed by atoms with Gasteiger partial charge < -0.3 is 15.3 Å². The number of rotatable bonds is 7. The Morgan fingerprint density at radius 2 is 1.58 bits per heavy atom. The molecule has 7 heteroatoms. The summed E-state index contributed by atoms with van der Waals surface area (Å²) in [6.07, 6.45) is 8.89. The van der Waals surface area contributed by atoms with Crippen LogP contribution >= 0.6 is 0 Å². The number of carboxylic acid groups (broad SMARTS) is 1. The third-order valence-electron chi connectivity index (χ3n) is 8.98. The zero-order valence-corrected chi connectivity index (χ0v) is 22.1. The molecule has 38 heavy (non-hydrogen) atoms. The van der Waals surface area contributed by atoms with Gasteiger partial charge in [-0.2, -0.15) is 0 Å². The molecule has 0 aromatic heterocycles. The summed E-state index contributed by atoms with van der Waals surface area (Å²) in [7, 11) is 0. The van der Waals surface area contributed by atoms with Crippen LogP contribution in [0.5, 0.6) is 0 Å². The molecule has 202 valence electrons. The van der Waals surface area contributed by atoms with E-state index in [1.54, 1.807) is 12.1 Å². The highest BCUT2D eigenvalue weighted by Gasteiger charge is 2.45. The molecule has 3 fully saturated rings. The topological polar surface area (TPSA) is 89.9 Å². The number of carbonyl (C=O) groups excluding carboxylic acids is 2. The van der Waals surface area contributed by atoms with Crippen molar-refractivity contribution in [1.29, 1.82) is 0 Å². The van der Waals surface area contributed by atoms with Gasteiger partial charge in [-0.3, -0.25) is 14.5 Å². The first-order valence-electron chi connectivity index (χ1n) is 14.1. The molecule has 2 saturated carbocycles. The zero-order chi connectivity index (χ0) is 26.5. The minimum atomic E-state index is -0.936. The molecule has 1 heterocycles. The number of nitrogens with zero attached hydrogens (tertiary/aromatic N) is 2. The van der Waals surface area contributed by atoms with E-state index >= 15 is 0 Å². The Labute approximate surface area is 225 Å².